The summed E-state index contributed by atoms with van der Waals surface area (Å²) in [5.41, 5.74) is 7.05. The van der Waals surface area contributed by atoms with Crippen LogP contribution in [0.15, 0.2) is 23.1 Å². The topological polar surface area (TPSA) is 89.4 Å². The van der Waals surface area contributed by atoms with E-state index in [4.69, 9.17) is 10.9 Å². The monoisotopic (exact) mass is 299 g/mol. The summed E-state index contributed by atoms with van der Waals surface area (Å²) in [5, 5.41) is 5.19. The first-order valence-electron chi connectivity index (χ1n) is 7.06. The Kier molecular flexibility index (Phi) is 6.29. The fourth-order valence-corrected chi connectivity index (χ4v) is 2.61. The summed E-state index contributed by atoms with van der Waals surface area (Å²) in [5.74, 6) is 0. The number of rotatable bonds is 8. The Bertz CT molecular complexity index is 521. The number of sulfonamides is 1. The molecule has 0 spiro atoms. The van der Waals surface area contributed by atoms with Gasteiger partial charge in [0.05, 0.1) is 4.90 Å². The van der Waals surface area contributed by atoms with Gasteiger partial charge in [-0.1, -0.05) is 26.7 Å². The first kappa shape index (κ1) is 16.8. The molecule has 0 fully saturated rings. The lowest BCUT2D eigenvalue weighted by Gasteiger charge is -2.25. The Morgan fingerprint density at radius 3 is 2.05 bits per heavy atom. The van der Waals surface area contributed by atoms with Gasteiger partial charge in [0.25, 0.3) is 0 Å². The van der Waals surface area contributed by atoms with Crippen molar-refractivity contribution in [1.82, 2.24) is 0 Å². The van der Waals surface area contributed by atoms with E-state index in [1.807, 2.05) is 0 Å². The van der Waals surface area contributed by atoms with Crippen LogP contribution >= 0.6 is 0 Å². The van der Waals surface area contributed by atoms with Crippen molar-refractivity contribution >= 4 is 21.4 Å². The predicted molar refractivity (Wildman–Crippen MR) is 84.3 cm³/mol. The van der Waals surface area contributed by atoms with Crippen LogP contribution in [-0.4, -0.2) is 21.5 Å². The van der Waals surface area contributed by atoms with Crippen LogP contribution in [0.25, 0.3) is 0 Å². The molecule has 0 heterocycles. The maximum absolute atomic E-state index is 11.5. The lowest BCUT2D eigenvalue weighted by atomic mass is 10.2. The van der Waals surface area contributed by atoms with Gasteiger partial charge >= 0.3 is 0 Å². The predicted octanol–water partition coefficient (Wildman–Crippen LogP) is 2.32. The third-order valence-electron chi connectivity index (χ3n) is 3.17. The maximum atomic E-state index is 11.5. The smallest absolute Gasteiger partial charge is 0.238 e. The van der Waals surface area contributed by atoms with Gasteiger partial charge in [0.15, 0.2) is 0 Å². The molecule has 6 heteroatoms. The van der Waals surface area contributed by atoms with Crippen LogP contribution in [-0.2, 0) is 10.0 Å². The van der Waals surface area contributed by atoms with Crippen molar-refractivity contribution in [3.05, 3.63) is 18.2 Å². The number of nitrogens with zero attached hydrogens (tertiary/aromatic N) is 1. The molecule has 0 saturated carbocycles. The number of hydrogen-bond acceptors (Lipinski definition) is 4. The molecule has 4 N–H and O–H groups in total. The summed E-state index contributed by atoms with van der Waals surface area (Å²) in [6, 6.07) is 4.81. The Labute approximate surface area is 122 Å². The van der Waals surface area contributed by atoms with Crippen molar-refractivity contribution in [3.63, 3.8) is 0 Å². The van der Waals surface area contributed by atoms with Crippen LogP contribution in [0.5, 0.6) is 0 Å². The van der Waals surface area contributed by atoms with Gasteiger partial charge in [0, 0.05) is 24.5 Å². The minimum atomic E-state index is -3.73. The summed E-state index contributed by atoms with van der Waals surface area (Å²) >= 11 is 0. The molecule has 114 valence electrons. The molecule has 1 rings (SSSR count). The van der Waals surface area contributed by atoms with E-state index in [9.17, 15) is 8.42 Å². The van der Waals surface area contributed by atoms with Crippen molar-refractivity contribution in [2.45, 2.75) is 44.4 Å². The zero-order valence-corrected chi connectivity index (χ0v) is 13.1. The quantitative estimate of drug-likeness (QED) is 0.721. The highest BCUT2D eigenvalue weighted by Crippen LogP contribution is 2.24. The Morgan fingerprint density at radius 1 is 1.05 bits per heavy atom. The average Bonchev–Trinajstić information content (AvgIpc) is 2.37. The minimum absolute atomic E-state index is 0.0745. The first-order chi connectivity index (χ1) is 9.38. The Morgan fingerprint density at radius 2 is 1.60 bits per heavy atom. The van der Waals surface area contributed by atoms with Gasteiger partial charge in [0.1, 0.15) is 0 Å². The van der Waals surface area contributed by atoms with Crippen molar-refractivity contribution in [3.8, 4) is 0 Å². The minimum Gasteiger partial charge on any atom is -0.399 e. The molecule has 0 aliphatic rings. The number of nitrogen functional groups attached to an aromatic ring is 1. The molecule has 0 aliphatic carbocycles. The summed E-state index contributed by atoms with van der Waals surface area (Å²) in [6.07, 6.45) is 4.30. The van der Waals surface area contributed by atoms with Crippen molar-refractivity contribution in [2.24, 2.45) is 5.14 Å². The second kappa shape index (κ2) is 7.50. The van der Waals surface area contributed by atoms with Crippen LogP contribution in [0, 0.1) is 0 Å². The molecule has 0 aliphatic heterocycles. The molecule has 1 aromatic rings. The van der Waals surface area contributed by atoms with Crippen molar-refractivity contribution < 1.29 is 8.42 Å². The van der Waals surface area contributed by atoms with Crippen LogP contribution in [0.1, 0.15) is 39.5 Å². The molecule has 0 radical (unpaired) electrons. The SMILES string of the molecule is CCCCN(CCCC)c1cc(N)cc(S(N)(=O)=O)c1. The zero-order chi connectivity index (χ0) is 15.2. The third-order valence-corrected chi connectivity index (χ3v) is 4.06. The molecular weight excluding hydrogens is 274 g/mol. The first-order valence-corrected chi connectivity index (χ1v) is 8.61. The molecule has 5 nitrogen and oxygen atoms in total. The molecule has 0 saturated heterocycles. The Balaban J connectivity index is 3.08. The highest BCUT2D eigenvalue weighted by atomic mass is 32.2. The lowest BCUT2D eigenvalue weighted by Crippen LogP contribution is -2.26. The highest BCUT2D eigenvalue weighted by molar-refractivity contribution is 7.89. The summed E-state index contributed by atoms with van der Waals surface area (Å²) in [4.78, 5) is 2.25. The fraction of sp³-hybridized carbons (Fsp3) is 0.571. The van der Waals surface area contributed by atoms with Gasteiger partial charge in [0.2, 0.25) is 10.0 Å². The Hall–Kier alpha value is -1.27. The molecule has 1 aromatic carbocycles. The number of anilines is 2. The van der Waals surface area contributed by atoms with E-state index in [0.717, 1.165) is 44.5 Å². The van der Waals surface area contributed by atoms with E-state index in [-0.39, 0.29) is 4.90 Å². The van der Waals surface area contributed by atoms with Gasteiger partial charge in [-0.25, -0.2) is 13.6 Å². The number of primary sulfonamides is 1. The summed E-state index contributed by atoms with van der Waals surface area (Å²) in [7, 11) is -3.73. The molecule has 0 aromatic heterocycles. The lowest BCUT2D eigenvalue weighted by molar-refractivity contribution is 0.597. The van der Waals surface area contributed by atoms with Gasteiger partial charge in [-0.3, -0.25) is 0 Å². The number of benzene rings is 1. The molecule has 20 heavy (non-hydrogen) atoms. The maximum Gasteiger partial charge on any atom is 0.238 e. The van der Waals surface area contributed by atoms with Crippen LogP contribution in [0.2, 0.25) is 0 Å². The van der Waals surface area contributed by atoms with E-state index in [0.29, 0.717) is 5.69 Å². The molecular formula is C14H25N3O2S. The molecule has 0 bridgehead atoms. The second-order valence-corrected chi connectivity index (χ2v) is 6.56. The van der Waals surface area contributed by atoms with Crippen molar-refractivity contribution in [1.29, 1.82) is 0 Å². The molecule has 0 unspecified atom stereocenters. The number of nitrogens with two attached hydrogens (primary N) is 2. The summed E-state index contributed by atoms with van der Waals surface area (Å²) < 4.78 is 23.0. The second-order valence-electron chi connectivity index (χ2n) is 5.00. The largest absolute Gasteiger partial charge is 0.399 e. The van der Waals surface area contributed by atoms with E-state index in [1.165, 1.54) is 6.07 Å². The van der Waals surface area contributed by atoms with E-state index in [1.54, 1.807) is 12.1 Å². The van der Waals surface area contributed by atoms with Gasteiger partial charge in [-0.05, 0) is 31.0 Å². The standard InChI is InChI=1S/C14H25N3O2S/c1-3-5-7-17(8-6-4-2)13-9-12(15)10-14(11-13)20(16,18)19/h9-11H,3-8,15H2,1-2H3,(H2,16,18,19). The normalized spacial score (nSPS) is 11.6. The summed E-state index contributed by atoms with van der Waals surface area (Å²) in [6.45, 7) is 6.05. The molecule has 0 atom stereocenters. The van der Waals surface area contributed by atoms with E-state index in [2.05, 4.69) is 18.7 Å². The van der Waals surface area contributed by atoms with Crippen LogP contribution < -0.4 is 15.8 Å². The number of unbranched alkanes of at least 4 members (excludes halogenated alkanes) is 2. The van der Waals surface area contributed by atoms with Gasteiger partial charge < -0.3 is 10.6 Å². The highest BCUT2D eigenvalue weighted by Gasteiger charge is 2.13. The van der Waals surface area contributed by atoms with Crippen molar-refractivity contribution in [2.75, 3.05) is 23.7 Å². The molecule has 0 amide bonds. The van der Waals surface area contributed by atoms with Gasteiger partial charge in [-0.2, -0.15) is 0 Å². The third kappa shape index (κ3) is 5.02. The zero-order valence-electron chi connectivity index (χ0n) is 12.3. The van der Waals surface area contributed by atoms with Crippen LogP contribution in [0.4, 0.5) is 11.4 Å². The fourth-order valence-electron chi connectivity index (χ4n) is 2.02. The number of hydrogen-bond donors (Lipinski definition) is 2. The average molecular weight is 299 g/mol. The van der Waals surface area contributed by atoms with Gasteiger partial charge in [-0.15, -0.1) is 0 Å². The van der Waals surface area contributed by atoms with E-state index < -0.39 is 10.0 Å². The van der Waals surface area contributed by atoms with E-state index >= 15 is 0 Å². The van der Waals surface area contributed by atoms with Crippen LogP contribution in [0.3, 0.4) is 0 Å².